The normalized spacial score (nSPS) is 39.5. The van der Waals surface area contributed by atoms with Crippen molar-refractivity contribution in [1.82, 2.24) is 0 Å². The van der Waals surface area contributed by atoms with Crippen LogP contribution >= 0.6 is 0 Å². The van der Waals surface area contributed by atoms with Gasteiger partial charge in [0.1, 0.15) is 5.60 Å². The molecule has 1 saturated carbocycles. The van der Waals surface area contributed by atoms with Gasteiger partial charge in [0.05, 0.1) is 6.61 Å². The molecule has 0 amide bonds. The van der Waals surface area contributed by atoms with E-state index in [1.165, 1.54) is 19.3 Å². The quantitative estimate of drug-likeness (QED) is 0.608. The minimum atomic E-state index is -0.437. The van der Waals surface area contributed by atoms with Crippen LogP contribution < -0.4 is 0 Å². The van der Waals surface area contributed by atoms with E-state index < -0.39 is 5.60 Å². The van der Waals surface area contributed by atoms with E-state index in [-0.39, 0.29) is 12.2 Å². The highest BCUT2D eigenvalue weighted by atomic mass is 17.3. The summed E-state index contributed by atoms with van der Waals surface area (Å²) in [5.74, 6) is 0. The van der Waals surface area contributed by atoms with Crippen LogP contribution in [0.5, 0.6) is 0 Å². The monoisotopic (exact) mass is 172 g/mol. The van der Waals surface area contributed by atoms with E-state index >= 15 is 0 Å². The van der Waals surface area contributed by atoms with E-state index in [1.54, 1.807) is 0 Å². The summed E-state index contributed by atoms with van der Waals surface area (Å²) in [6.07, 6.45) is 5.73. The van der Waals surface area contributed by atoms with E-state index in [1.807, 2.05) is 6.92 Å². The first-order chi connectivity index (χ1) is 5.72. The molecule has 0 aromatic heterocycles. The Hall–Kier alpha value is -0.120. The first kappa shape index (κ1) is 8.48. The number of aliphatic hydroxyl groups is 1. The highest BCUT2D eigenvalue weighted by molar-refractivity contribution is 5.03. The van der Waals surface area contributed by atoms with Crippen molar-refractivity contribution in [1.29, 1.82) is 0 Å². The molecule has 1 aliphatic carbocycles. The zero-order chi connectivity index (χ0) is 8.66. The maximum atomic E-state index is 9.16. The first-order valence-electron chi connectivity index (χ1n) is 4.70. The van der Waals surface area contributed by atoms with Crippen molar-refractivity contribution < 1.29 is 14.9 Å². The van der Waals surface area contributed by atoms with Gasteiger partial charge in [0.25, 0.3) is 0 Å². The second kappa shape index (κ2) is 2.69. The van der Waals surface area contributed by atoms with Gasteiger partial charge in [-0.05, 0) is 19.8 Å². The average molecular weight is 172 g/mol. The molecule has 1 heterocycles. The summed E-state index contributed by atoms with van der Waals surface area (Å²) in [4.78, 5) is 10.2. The molecule has 3 nitrogen and oxygen atoms in total. The van der Waals surface area contributed by atoms with Crippen LogP contribution in [0.3, 0.4) is 0 Å². The molecule has 0 aromatic carbocycles. The second-order valence-electron chi connectivity index (χ2n) is 4.11. The third-order valence-corrected chi connectivity index (χ3v) is 3.31. The Morgan fingerprint density at radius 1 is 1.17 bits per heavy atom. The molecular formula is C9H16O3. The van der Waals surface area contributed by atoms with Gasteiger partial charge in [-0.1, -0.05) is 19.3 Å². The van der Waals surface area contributed by atoms with Crippen molar-refractivity contribution in [2.24, 2.45) is 0 Å². The van der Waals surface area contributed by atoms with Gasteiger partial charge in [0.2, 0.25) is 0 Å². The Balaban J connectivity index is 2.09. The molecule has 1 unspecified atom stereocenters. The number of aliphatic hydroxyl groups excluding tert-OH is 1. The lowest BCUT2D eigenvalue weighted by Crippen LogP contribution is -2.67. The first-order valence-corrected chi connectivity index (χ1v) is 4.70. The van der Waals surface area contributed by atoms with Crippen molar-refractivity contribution in [3.8, 4) is 0 Å². The predicted molar refractivity (Wildman–Crippen MR) is 43.5 cm³/mol. The van der Waals surface area contributed by atoms with Gasteiger partial charge in [-0.25, -0.2) is 9.78 Å². The lowest BCUT2D eigenvalue weighted by Gasteiger charge is -2.55. The topological polar surface area (TPSA) is 38.7 Å². The minimum absolute atomic E-state index is 0.0625. The van der Waals surface area contributed by atoms with Crippen LogP contribution in [-0.4, -0.2) is 22.9 Å². The number of hydrogen-bond acceptors (Lipinski definition) is 3. The standard InChI is InChI=1S/C9H16O3/c1-8(7-10)9(12-11-8)5-3-2-4-6-9/h10H,2-7H2,1H3. The summed E-state index contributed by atoms with van der Waals surface area (Å²) >= 11 is 0. The van der Waals surface area contributed by atoms with Gasteiger partial charge in [-0.3, -0.25) is 0 Å². The van der Waals surface area contributed by atoms with Crippen molar-refractivity contribution >= 4 is 0 Å². The Labute approximate surface area is 72.6 Å². The molecule has 0 radical (unpaired) electrons. The average Bonchev–Trinajstić information content (AvgIpc) is 2.16. The molecule has 70 valence electrons. The Morgan fingerprint density at radius 2 is 1.83 bits per heavy atom. The largest absolute Gasteiger partial charge is 0.393 e. The molecule has 0 aromatic rings. The molecule has 2 fully saturated rings. The highest BCUT2D eigenvalue weighted by Crippen LogP contribution is 2.49. The van der Waals surface area contributed by atoms with Crippen LogP contribution in [0.25, 0.3) is 0 Å². The van der Waals surface area contributed by atoms with Crippen molar-refractivity contribution in [3.63, 3.8) is 0 Å². The summed E-state index contributed by atoms with van der Waals surface area (Å²) in [6.45, 7) is 1.99. The van der Waals surface area contributed by atoms with E-state index in [9.17, 15) is 0 Å². The second-order valence-corrected chi connectivity index (χ2v) is 4.11. The van der Waals surface area contributed by atoms with Gasteiger partial charge in [-0.15, -0.1) is 0 Å². The molecule has 12 heavy (non-hydrogen) atoms. The molecule has 2 aliphatic rings. The van der Waals surface area contributed by atoms with Crippen molar-refractivity contribution in [3.05, 3.63) is 0 Å². The molecule has 1 N–H and O–H groups in total. The van der Waals surface area contributed by atoms with Crippen LogP contribution in [0.4, 0.5) is 0 Å². The van der Waals surface area contributed by atoms with Crippen LogP contribution in [0.1, 0.15) is 39.0 Å². The van der Waals surface area contributed by atoms with E-state index in [4.69, 9.17) is 14.9 Å². The van der Waals surface area contributed by atoms with Crippen LogP contribution in [0, 0.1) is 0 Å². The van der Waals surface area contributed by atoms with Gasteiger partial charge in [0, 0.05) is 0 Å². The van der Waals surface area contributed by atoms with Gasteiger partial charge in [-0.2, -0.15) is 0 Å². The Bertz CT molecular complexity index is 171. The fraction of sp³-hybridized carbons (Fsp3) is 1.00. The molecule has 2 rings (SSSR count). The molecule has 0 bridgehead atoms. The number of rotatable bonds is 1. The Kier molecular flexibility index (Phi) is 1.90. The molecular weight excluding hydrogens is 156 g/mol. The van der Waals surface area contributed by atoms with E-state index in [0.29, 0.717) is 0 Å². The fourth-order valence-electron chi connectivity index (χ4n) is 2.21. The predicted octanol–water partition coefficient (Wildman–Crippen LogP) is 1.40. The molecule has 1 saturated heterocycles. The van der Waals surface area contributed by atoms with Gasteiger partial charge < -0.3 is 5.11 Å². The summed E-state index contributed by atoms with van der Waals surface area (Å²) < 4.78 is 0. The summed E-state index contributed by atoms with van der Waals surface area (Å²) in [7, 11) is 0. The molecule has 1 atom stereocenters. The lowest BCUT2D eigenvalue weighted by molar-refractivity contribution is -0.557. The van der Waals surface area contributed by atoms with E-state index in [0.717, 1.165) is 12.8 Å². The Morgan fingerprint density at radius 3 is 2.25 bits per heavy atom. The third kappa shape index (κ3) is 0.934. The van der Waals surface area contributed by atoms with Crippen LogP contribution in [0.2, 0.25) is 0 Å². The lowest BCUT2D eigenvalue weighted by atomic mass is 9.72. The fourth-order valence-corrected chi connectivity index (χ4v) is 2.21. The summed E-state index contributed by atoms with van der Waals surface area (Å²) in [6, 6.07) is 0. The SMILES string of the molecule is CC1(CO)OOC12CCCCC2. The maximum Gasteiger partial charge on any atom is 0.155 e. The number of hydrogen-bond donors (Lipinski definition) is 1. The minimum Gasteiger partial charge on any atom is -0.393 e. The third-order valence-electron chi connectivity index (χ3n) is 3.31. The van der Waals surface area contributed by atoms with Crippen LogP contribution in [-0.2, 0) is 9.78 Å². The summed E-state index contributed by atoms with van der Waals surface area (Å²) in [5.41, 5.74) is -0.604. The van der Waals surface area contributed by atoms with Crippen molar-refractivity contribution in [2.45, 2.75) is 50.2 Å². The van der Waals surface area contributed by atoms with Gasteiger partial charge in [0.15, 0.2) is 5.60 Å². The molecule has 3 heteroatoms. The molecule has 1 spiro atoms. The van der Waals surface area contributed by atoms with E-state index in [2.05, 4.69) is 0 Å². The highest BCUT2D eigenvalue weighted by Gasteiger charge is 2.60. The summed E-state index contributed by atoms with van der Waals surface area (Å²) in [5, 5.41) is 9.16. The smallest absolute Gasteiger partial charge is 0.155 e. The van der Waals surface area contributed by atoms with Crippen molar-refractivity contribution in [2.75, 3.05) is 6.61 Å². The maximum absolute atomic E-state index is 9.16. The molecule has 1 aliphatic heterocycles. The zero-order valence-corrected chi connectivity index (χ0v) is 7.51. The van der Waals surface area contributed by atoms with Gasteiger partial charge >= 0.3 is 0 Å². The van der Waals surface area contributed by atoms with Crippen LogP contribution in [0.15, 0.2) is 0 Å². The zero-order valence-electron chi connectivity index (χ0n) is 7.51.